The van der Waals surface area contributed by atoms with Crippen molar-refractivity contribution in [2.45, 2.75) is 33.4 Å². The van der Waals surface area contributed by atoms with E-state index in [9.17, 15) is 8.78 Å². The summed E-state index contributed by atoms with van der Waals surface area (Å²) in [6, 6.07) is 6.62. The summed E-state index contributed by atoms with van der Waals surface area (Å²) in [5, 5.41) is 7.79. The van der Waals surface area contributed by atoms with Crippen LogP contribution in [0.25, 0.3) is 0 Å². The molecule has 0 unspecified atom stereocenters. The van der Waals surface area contributed by atoms with Gasteiger partial charge in [0.1, 0.15) is 5.75 Å². The first kappa shape index (κ1) is 24.1. The monoisotopic (exact) mass is 507 g/mol. The van der Waals surface area contributed by atoms with E-state index in [-0.39, 0.29) is 29.7 Å². The lowest BCUT2D eigenvalue weighted by atomic mass is 10.1. The number of aliphatic imine (C=N–C) groups is 1. The molecule has 156 valence electrons. The second kappa shape index (κ2) is 11.2. The molecule has 0 spiro atoms. The second-order valence-electron chi connectivity index (χ2n) is 6.38. The maximum atomic E-state index is 12.2. The first-order valence-electron chi connectivity index (χ1n) is 8.76. The molecule has 28 heavy (non-hydrogen) atoms. The van der Waals surface area contributed by atoms with E-state index in [2.05, 4.69) is 27.1 Å². The standard InChI is InChI=1S/C19H27F2N5O.HI/c1-13-17(14(2)26(5)24-13)10-11-23-19(22-3)25(4)12-15-6-8-16(9-7-15)27-18(20)21;/h6-9,18H,10-12H2,1-5H3,(H,22,23);1H. The minimum Gasteiger partial charge on any atom is -0.435 e. The molecule has 1 aromatic heterocycles. The van der Waals surface area contributed by atoms with Gasteiger partial charge < -0.3 is 15.0 Å². The average molecular weight is 507 g/mol. The number of nitrogens with one attached hydrogen (secondary N) is 1. The number of guanidine groups is 1. The Balaban J connectivity index is 0.00000392. The van der Waals surface area contributed by atoms with Crippen LogP contribution in [0, 0.1) is 13.8 Å². The van der Waals surface area contributed by atoms with Crippen molar-refractivity contribution >= 4 is 29.9 Å². The maximum Gasteiger partial charge on any atom is 0.387 e. The highest BCUT2D eigenvalue weighted by atomic mass is 127. The van der Waals surface area contributed by atoms with Gasteiger partial charge in [-0.3, -0.25) is 9.67 Å². The van der Waals surface area contributed by atoms with Gasteiger partial charge in [0.15, 0.2) is 5.96 Å². The number of ether oxygens (including phenoxy) is 1. The Hall–Kier alpha value is -1.91. The van der Waals surface area contributed by atoms with Gasteiger partial charge in [0, 0.05) is 39.9 Å². The van der Waals surface area contributed by atoms with Gasteiger partial charge in [-0.25, -0.2) is 0 Å². The van der Waals surface area contributed by atoms with Crippen LogP contribution >= 0.6 is 24.0 Å². The fraction of sp³-hybridized carbons (Fsp3) is 0.474. The van der Waals surface area contributed by atoms with Gasteiger partial charge in [-0.1, -0.05) is 12.1 Å². The Bertz CT molecular complexity index is 777. The Labute approximate surface area is 182 Å². The van der Waals surface area contributed by atoms with E-state index in [1.54, 1.807) is 31.3 Å². The molecule has 0 atom stereocenters. The molecular weight excluding hydrogens is 479 g/mol. The zero-order valence-corrected chi connectivity index (χ0v) is 19.2. The van der Waals surface area contributed by atoms with Crippen molar-refractivity contribution in [3.8, 4) is 5.75 Å². The van der Waals surface area contributed by atoms with Crippen LogP contribution in [-0.2, 0) is 20.0 Å². The number of alkyl halides is 2. The van der Waals surface area contributed by atoms with Gasteiger partial charge in [-0.2, -0.15) is 13.9 Å². The topological polar surface area (TPSA) is 54.7 Å². The van der Waals surface area contributed by atoms with E-state index in [0.717, 1.165) is 30.2 Å². The number of hydrogen-bond acceptors (Lipinski definition) is 3. The molecule has 0 saturated heterocycles. The lowest BCUT2D eigenvalue weighted by Gasteiger charge is -2.22. The molecule has 0 fully saturated rings. The number of halogens is 3. The van der Waals surface area contributed by atoms with Crippen LogP contribution in [0.4, 0.5) is 8.78 Å². The zero-order chi connectivity index (χ0) is 20.0. The molecule has 0 radical (unpaired) electrons. The van der Waals surface area contributed by atoms with Gasteiger partial charge in [-0.15, -0.1) is 24.0 Å². The molecule has 1 aromatic carbocycles. The second-order valence-corrected chi connectivity index (χ2v) is 6.38. The Morgan fingerprint density at radius 2 is 1.93 bits per heavy atom. The van der Waals surface area contributed by atoms with Crippen LogP contribution in [0.3, 0.4) is 0 Å². The first-order valence-corrected chi connectivity index (χ1v) is 8.76. The molecule has 9 heteroatoms. The molecule has 0 aliphatic rings. The maximum absolute atomic E-state index is 12.2. The van der Waals surface area contributed by atoms with Gasteiger partial charge in [0.05, 0.1) is 5.69 Å². The van der Waals surface area contributed by atoms with Crippen LogP contribution in [-0.4, -0.2) is 47.9 Å². The van der Waals surface area contributed by atoms with Crippen molar-refractivity contribution in [3.05, 3.63) is 46.8 Å². The lowest BCUT2D eigenvalue weighted by molar-refractivity contribution is -0.0498. The molecular formula is C19H28F2IN5O. The summed E-state index contributed by atoms with van der Waals surface area (Å²) in [4.78, 5) is 6.29. The van der Waals surface area contributed by atoms with Crippen molar-refractivity contribution in [1.82, 2.24) is 20.0 Å². The highest BCUT2D eigenvalue weighted by Crippen LogP contribution is 2.16. The van der Waals surface area contributed by atoms with E-state index >= 15 is 0 Å². The number of benzene rings is 1. The van der Waals surface area contributed by atoms with Crippen LogP contribution < -0.4 is 10.1 Å². The van der Waals surface area contributed by atoms with Crippen molar-refractivity contribution in [2.75, 3.05) is 20.6 Å². The number of rotatable bonds is 7. The van der Waals surface area contributed by atoms with Crippen molar-refractivity contribution < 1.29 is 13.5 Å². The van der Waals surface area contributed by atoms with E-state index in [4.69, 9.17) is 0 Å². The van der Waals surface area contributed by atoms with Crippen LogP contribution in [0.2, 0.25) is 0 Å². The number of aromatic nitrogens is 2. The van der Waals surface area contributed by atoms with Crippen LogP contribution in [0.1, 0.15) is 22.5 Å². The fourth-order valence-electron chi connectivity index (χ4n) is 2.99. The molecule has 2 aromatic rings. The summed E-state index contributed by atoms with van der Waals surface area (Å²) >= 11 is 0. The van der Waals surface area contributed by atoms with E-state index in [1.807, 2.05) is 30.6 Å². The Kier molecular flexibility index (Phi) is 9.63. The number of aryl methyl sites for hydroxylation is 2. The summed E-state index contributed by atoms with van der Waals surface area (Å²) in [7, 11) is 5.61. The fourth-order valence-corrected chi connectivity index (χ4v) is 2.99. The quantitative estimate of drug-likeness (QED) is 0.354. The zero-order valence-electron chi connectivity index (χ0n) is 16.9. The van der Waals surface area contributed by atoms with Crippen LogP contribution in [0.5, 0.6) is 5.75 Å². The summed E-state index contributed by atoms with van der Waals surface area (Å²) in [6.07, 6.45) is 0.859. The van der Waals surface area contributed by atoms with E-state index < -0.39 is 6.61 Å². The summed E-state index contributed by atoms with van der Waals surface area (Å²) in [5.41, 5.74) is 4.44. The lowest BCUT2D eigenvalue weighted by Crippen LogP contribution is -2.39. The van der Waals surface area contributed by atoms with E-state index in [1.165, 1.54) is 11.3 Å². The SMILES string of the molecule is CN=C(NCCc1c(C)nn(C)c1C)N(C)Cc1ccc(OC(F)F)cc1.I. The van der Waals surface area contributed by atoms with Gasteiger partial charge in [0.2, 0.25) is 0 Å². The van der Waals surface area contributed by atoms with Crippen LogP contribution in [0.15, 0.2) is 29.3 Å². The number of nitrogens with zero attached hydrogens (tertiary/aromatic N) is 4. The molecule has 0 aliphatic carbocycles. The molecule has 6 nitrogen and oxygen atoms in total. The number of hydrogen-bond donors (Lipinski definition) is 1. The predicted molar refractivity (Wildman–Crippen MR) is 118 cm³/mol. The molecule has 0 bridgehead atoms. The average Bonchev–Trinajstić information content (AvgIpc) is 2.85. The molecule has 0 saturated carbocycles. The van der Waals surface area contributed by atoms with Gasteiger partial charge in [-0.05, 0) is 43.5 Å². The van der Waals surface area contributed by atoms with Crippen molar-refractivity contribution in [2.24, 2.45) is 12.0 Å². The minimum absolute atomic E-state index is 0. The molecule has 0 aliphatic heterocycles. The largest absolute Gasteiger partial charge is 0.435 e. The highest BCUT2D eigenvalue weighted by molar-refractivity contribution is 14.0. The highest BCUT2D eigenvalue weighted by Gasteiger charge is 2.11. The summed E-state index contributed by atoms with van der Waals surface area (Å²) < 4.78 is 30.7. The minimum atomic E-state index is -2.81. The smallest absolute Gasteiger partial charge is 0.387 e. The first-order chi connectivity index (χ1) is 12.8. The normalized spacial score (nSPS) is 11.4. The molecule has 1 heterocycles. The Morgan fingerprint density at radius 1 is 1.29 bits per heavy atom. The van der Waals surface area contributed by atoms with E-state index in [0.29, 0.717) is 6.54 Å². The van der Waals surface area contributed by atoms with Gasteiger partial charge >= 0.3 is 6.61 Å². The molecule has 0 amide bonds. The molecule has 2 rings (SSSR count). The summed E-state index contributed by atoms with van der Waals surface area (Å²) in [6.45, 7) is 2.61. The third-order valence-electron chi connectivity index (χ3n) is 4.46. The third-order valence-corrected chi connectivity index (χ3v) is 4.46. The van der Waals surface area contributed by atoms with Gasteiger partial charge in [0.25, 0.3) is 0 Å². The van der Waals surface area contributed by atoms with Crippen molar-refractivity contribution in [3.63, 3.8) is 0 Å². The van der Waals surface area contributed by atoms with Crippen molar-refractivity contribution in [1.29, 1.82) is 0 Å². The summed E-state index contributed by atoms with van der Waals surface area (Å²) in [5.74, 6) is 0.920. The molecule has 1 N–H and O–H groups in total. The Morgan fingerprint density at radius 3 is 2.43 bits per heavy atom. The predicted octanol–water partition coefficient (Wildman–Crippen LogP) is 3.51. The third kappa shape index (κ3) is 6.61.